The first-order valence-electron chi connectivity index (χ1n) is 3.72. The Morgan fingerprint density at radius 2 is 2.38 bits per heavy atom. The molecule has 1 heterocycles. The smallest absolute Gasteiger partial charge is 0.321 e. The summed E-state index contributed by atoms with van der Waals surface area (Å²) in [4.78, 5) is 20.2. The zero-order valence-corrected chi connectivity index (χ0v) is 7.46. The van der Waals surface area contributed by atoms with Crippen LogP contribution in [0.3, 0.4) is 0 Å². The fraction of sp³-hybridized carbons (Fsp3) is 0.667. The Hall–Kier alpha value is -1.34. The van der Waals surface area contributed by atoms with Crippen LogP contribution in [-0.4, -0.2) is 32.3 Å². The molecule has 0 radical (unpaired) electrons. The van der Waals surface area contributed by atoms with E-state index in [0.717, 1.165) is 0 Å². The van der Waals surface area contributed by atoms with Gasteiger partial charge in [0.1, 0.15) is 13.3 Å². The van der Waals surface area contributed by atoms with Crippen molar-refractivity contribution in [3.63, 3.8) is 0 Å². The standard InChI is InChI=1S/C6H12N4O3/c1-12-9-4-3-5(10-13-2)8-6(11)7-4/h4,9H,3H2,1-2H3,(H2,7,8,10,11). The van der Waals surface area contributed by atoms with Crippen LogP contribution >= 0.6 is 0 Å². The molecular weight excluding hydrogens is 176 g/mol. The van der Waals surface area contributed by atoms with Crippen molar-refractivity contribution in [2.45, 2.75) is 12.6 Å². The third-order valence-electron chi connectivity index (χ3n) is 1.42. The van der Waals surface area contributed by atoms with E-state index in [2.05, 4.69) is 30.9 Å². The maximum Gasteiger partial charge on any atom is 0.321 e. The number of urea groups is 1. The molecule has 1 atom stereocenters. The quantitative estimate of drug-likeness (QED) is 0.502. The molecule has 0 bridgehead atoms. The van der Waals surface area contributed by atoms with Gasteiger partial charge in [0, 0.05) is 6.42 Å². The lowest BCUT2D eigenvalue weighted by Crippen LogP contribution is -2.57. The largest absolute Gasteiger partial charge is 0.398 e. The minimum Gasteiger partial charge on any atom is -0.398 e. The summed E-state index contributed by atoms with van der Waals surface area (Å²) in [5, 5.41) is 8.68. The lowest BCUT2D eigenvalue weighted by Gasteiger charge is -2.24. The normalized spacial score (nSPS) is 25.2. The summed E-state index contributed by atoms with van der Waals surface area (Å²) in [6.07, 6.45) is 0.195. The topological polar surface area (TPSA) is 84.0 Å². The van der Waals surface area contributed by atoms with Gasteiger partial charge in [-0.3, -0.25) is 5.32 Å². The highest BCUT2D eigenvalue weighted by Crippen LogP contribution is 1.96. The van der Waals surface area contributed by atoms with Crippen molar-refractivity contribution < 1.29 is 14.5 Å². The second-order valence-electron chi connectivity index (χ2n) is 2.40. The molecule has 0 spiro atoms. The van der Waals surface area contributed by atoms with E-state index in [9.17, 15) is 4.79 Å². The average Bonchev–Trinajstić information content (AvgIpc) is 2.04. The van der Waals surface area contributed by atoms with E-state index in [1.807, 2.05) is 0 Å². The number of oxime groups is 1. The van der Waals surface area contributed by atoms with E-state index in [4.69, 9.17) is 0 Å². The van der Waals surface area contributed by atoms with Gasteiger partial charge in [-0.15, -0.1) is 0 Å². The number of amides is 2. The van der Waals surface area contributed by atoms with Crippen molar-refractivity contribution in [3.05, 3.63) is 0 Å². The minimum absolute atomic E-state index is 0.285. The van der Waals surface area contributed by atoms with Crippen molar-refractivity contribution in [1.29, 1.82) is 0 Å². The van der Waals surface area contributed by atoms with Crippen LogP contribution in [0.15, 0.2) is 5.16 Å². The molecule has 3 N–H and O–H groups in total. The molecule has 1 rings (SSSR count). The van der Waals surface area contributed by atoms with Gasteiger partial charge in [0.2, 0.25) is 0 Å². The molecule has 74 valence electrons. The van der Waals surface area contributed by atoms with Crippen molar-refractivity contribution in [2.24, 2.45) is 5.16 Å². The number of amidine groups is 1. The number of hydrogen-bond donors (Lipinski definition) is 3. The third kappa shape index (κ3) is 2.88. The second-order valence-corrected chi connectivity index (χ2v) is 2.40. The number of carbonyl (C=O) groups excluding carboxylic acids is 1. The van der Waals surface area contributed by atoms with Gasteiger partial charge in [0.25, 0.3) is 0 Å². The SMILES string of the molecule is CO/N=C1\CC(NOC)NC(=O)N1. The Morgan fingerprint density at radius 1 is 1.62 bits per heavy atom. The fourth-order valence-corrected chi connectivity index (χ4v) is 1.00. The lowest BCUT2D eigenvalue weighted by molar-refractivity contribution is 0.0532. The van der Waals surface area contributed by atoms with Gasteiger partial charge in [-0.05, 0) is 0 Å². The summed E-state index contributed by atoms with van der Waals surface area (Å²) in [5.74, 6) is 0.459. The van der Waals surface area contributed by atoms with E-state index in [1.165, 1.54) is 14.2 Å². The van der Waals surface area contributed by atoms with E-state index < -0.39 is 0 Å². The van der Waals surface area contributed by atoms with Crippen LogP contribution in [-0.2, 0) is 9.68 Å². The van der Waals surface area contributed by atoms with Crippen molar-refractivity contribution in [1.82, 2.24) is 16.1 Å². The van der Waals surface area contributed by atoms with Gasteiger partial charge in [-0.2, -0.15) is 5.48 Å². The van der Waals surface area contributed by atoms with Gasteiger partial charge in [-0.25, -0.2) is 4.79 Å². The Morgan fingerprint density at radius 3 is 3.00 bits per heavy atom. The molecule has 0 aliphatic carbocycles. The van der Waals surface area contributed by atoms with Crippen LogP contribution in [0.1, 0.15) is 6.42 Å². The maximum absolute atomic E-state index is 11.0. The molecule has 1 saturated heterocycles. The molecule has 1 unspecified atom stereocenters. The van der Waals surface area contributed by atoms with Gasteiger partial charge >= 0.3 is 6.03 Å². The molecule has 1 fully saturated rings. The summed E-state index contributed by atoms with van der Waals surface area (Å²) in [6.45, 7) is 0. The molecule has 2 amide bonds. The van der Waals surface area contributed by atoms with E-state index in [0.29, 0.717) is 12.3 Å². The van der Waals surface area contributed by atoms with Crippen LogP contribution < -0.4 is 16.1 Å². The van der Waals surface area contributed by atoms with Crippen LogP contribution in [0.2, 0.25) is 0 Å². The minimum atomic E-state index is -0.336. The molecule has 7 nitrogen and oxygen atoms in total. The first kappa shape index (κ1) is 9.75. The number of rotatable bonds is 3. The predicted octanol–water partition coefficient (Wildman–Crippen LogP) is -0.874. The zero-order valence-electron chi connectivity index (χ0n) is 7.46. The lowest BCUT2D eigenvalue weighted by atomic mass is 10.3. The number of nitrogens with zero attached hydrogens (tertiary/aromatic N) is 1. The summed E-state index contributed by atoms with van der Waals surface area (Å²) in [7, 11) is 2.89. The highest BCUT2D eigenvalue weighted by molar-refractivity contribution is 5.99. The first-order valence-corrected chi connectivity index (χ1v) is 3.72. The summed E-state index contributed by atoms with van der Waals surface area (Å²) >= 11 is 0. The Labute approximate surface area is 75.4 Å². The maximum atomic E-state index is 11.0. The monoisotopic (exact) mass is 188 g/mol. The molecule has 7 heteroatoms. The Kier molecular flexibility index (Phi) is 3.47. The third-order valence-corrected chi connectivity index (χ3v) is 1.42. The number of carbonyl (C=O) groups is 1. The highest BCUT2D eigenvalue weighted by Gasteiger charge is 2.22. The fourth-order valence-electron chi connectivity index (χ4n) is 1.00. The number of hydrogen-bond acceptors (Lipinski definition) is 5. The van der Waals surface area contributed by atoms with Crippen molar-refractivity contribution >= 4 is 11.9 Å². The highest BCUT2D eigenvalue weighted by atomic mass is 16.6. The predicted molar refractivity (Wildman–Crippen MR) is 44.7 cm³/mol. The van der Waals surface area contributed by atoms with Crippen LogP contribution in [0.25, 0.3) is 0 Å². The molecule has 1 aliphatic heterocycles. The van der Waals surface area contributed by atoms with Crippen LogP contribution in [0.4, 0.5) is 4.79 Å². The van der Waals surface area contributed by atoms with Crippen LogP contribution in [0, 0.1) is 0 Å². The Balaban J connectivity index is 2.52. The van der Waals surface area contributed by atoms with Crippen LogP contribution in [0.5, 0.6) is 0 Å². The molecule has 0 aromatic heterocycles. The van der Waals surface area contributed by atoms with Crippen molar-refractivity contribution in [2.75, 3.05) is 14.2 Å². The number of nitrogens with one attached hydrogen (secondary N) is 3. The van der Waals surface area contributed by atoms with Crippen molar-refractivity contribution in [3.8, 4) is 0 Å². The van der Waals surface area contributed by atoms with Gasteiger partial charge in [0.05, 0.1) is 7.11 Å². The van der Waals surface area contributed by atoms with Gasteiger partial charge in [0.15, 0.2) is 5.84 Å². The molecule has 13 heavy (non-hydrogen) atoms. The van der Waals surface area contributed by atoms with E-state index >= 15 is 0 Å². The molecule has 0 aromatic rings. The summed E-state index contributed by atoms with van der Waals surface area (Å²) in [5.41, 5.74) is 2.59. The molecule has 1 aliphatic rings. The molecular formula is C6H12N4O3. The number of hydroxylamine groups is 1. The Bertz CT molecular complexity index is 218. The molecule has 0 aromatic carbocycles. The van der Waals surface area contributed by atoms with E-state index in [1.54, 1.807) is 0 Å². The van der Waals surface area contributed by atoms with E-state index in [-0.39, 0.29) is 12.2 Å². The summed E-state index contributed by atoms with van der Waals surface area (Å²) in [6, 6.07) is -0.336. The second kappa shape index (κ2) is 4.63. The first-order chi connectivity index (χ1) is 6.26. The summed E-state index contributed by atoms with van der Waals surface area (Å²) < 4.78 is 0. The zero-order chi connectivity index (χ0) is 9.68. The van der Waals surface area contributed by atoms with Gasteiger partial charge < -0.3 is 15.0 Å². The average molecular weight is 188 g/mol. The molecule has 0 saturated carbocycles. The van der Waals surface area contributed by atoms with Gasteiger partial charge in [-0.1, -0.05) is 5.16 Å².